The van der Waals surface area contributed by atoms with E-state index in [0.717, 1.165) is 62.3 Å². The SMILES string of the molecule is CC(C)Oc1c(-c2cn[nH]c2)ncn2nc(Nc3ccc(S(=O)(=O)N4CCCC(CN5CCC(c6ccc7c(N8CCC(=O)NC8=O)nn(C)c7c6)CC5)C4)cc3F)nc12. The average molecular weight is 840 g/mol. The molecule has 0 spiro atoms. The topological polar surface area (TPSA) is 201 Å². The number of piperidine rings is 2. The van der Waals surface area contributed by atoms with Crippen LogP contribution >= 0.6 is 0 Å². The molecular formula is C40H46FN13O5S. The fourth-order valence-electron chi connectivity index (χ4n) is 8.53. The molecule has 3 amide bonds. The third-order valence-corrected chi connectivity index (χ3v) is 13.4. The number of carbonyl (C=O) groups excluding carboxylic acids is 2. The zero-order valence-electron chi connectivity index (χ0n) is 33.5. The number of urea groups is 1. The first-order valence-corrected chi connectivity index (χ1v) is 21.6. The Hall–Kier alpha value is -5.99. The summed E-state index contributed by atoms with van der Waals surface area (Å²) in [5, 5.41) is 21.9. The van der Waals surface area contributed by atoms with Gasteiger partial charge >= 0.3 is 6.03 Å². The van der Waals surface area contributed by atoms with Crippen LogP contribution in [0.4, 0.5) is 26.6 Å². The van der Waals surface area contributed by atoms with Gasteiger partial charge in [0, 0.05) is 56.8 Å². The first-order chi connectivity index (χ1) is 28.9. The molecule has 4 aromatic heterocycles. The number of carbonyl (C=O) groups is 2. The maximum atomic E-state index is 15.6. The lowest BCUT2D eigenvalue weighted by atomic mass is 9.88. The van der Waals surface area contributed by atoms with Gasteiger partial charge in [0.1, 0.15) is 17.8 Å². The lowest BCUT2D eigenvalue weighted by molar-refractivity contribution is -0.120. The molecule has 60 heavy (non-hydrogen) atoms. The Morgan fingerprint density at radius 3 is 2.62 bits per heavy atom. The van der Waals surface area contributed by atoms with Crippen LogP contribution in [0, 0.1) is 11.7 Å². The number of imide groups is 1. The van der Waals surface area contributed by atoms with Gasteiger partial charge in [-0.2, -0.15) is 24.0 Å². The molecular weight excluding hydrogens is 794 g/mol. The lowest BCUT2D eigenvalue weighted by Crippen LogP contribution is -2.49. The molecule has 1 atom stereocenters. The highest BCUT2D eigenvalue weighted by atomic mass is 32.2. The number of aromatic nitrogens is 8. The van der Waals surface area contributed by atoms with Gasteiger partial charge in [-0.1, -0.05) is 6.07 Å². The monoisotopic (exact) mass is 839 g/mol. The Bertz CT molecular complexity index is 2690. The van der Waals surface area contributed by atoms with Crippen molar-refractivity contribution in [3.63, 3.8) is 0 Å². The summed E-state index contributed by atoms with van der Waals surface area (Å²) >= 11 is 0. The maximum absolute atomic E-state index is 15.6. The number of hydrogen-bond donors (Lipinski definition) is 3. The second-order valence-electron chi connectivity index (χ2n) is 16.0. The minimum absolute atomic E-state index is 0.0225. The Morgan fingerprint density at radius 1 is 1.03 bits per heavy atom. The quantitative estimate of drug-likeness (QED) is 0.161. The van der Waals surface area contributed by atoms with E-state index in [0.29, 0.717) is 54.0 Å². The van der Waals surface area contributed by atoms with Crippen LogP contribution in [0.3, 0.4) is 0 Å². The van der Waals surface area contributed by atoms with Gasteiger partial charge in [-0.15, -0.1) is 5.10 Å². The predicted molar refractivity (Wildman–Crippen MR) is 220 cm³/mol. The molecule has 3 aliphatic rings. The van der Waals surface area contributed by atoms with Gasteiger partial charge in [0.25, 0.3) is 0 Å². The van der Waals surface area contributed by atoms with Crippen LogP contribution in [-0.2, 0) is 21.9 Å². The average Bonchev–Trinajstić information content (AvgIpc) is 3.99. The minimum atomic E-state index is -3.96. The van der Waals surface area contributed by atoms with E-state index in [2.05, 4.69) is 58.0 Å². The molecule has 314 valence electrons. The number of nitrogens with one attached hydrogen (secondary N) is 3. The molecule has 0 bridgehead atoms. The summed E-state index contributed by atoms with van der Waals surface area (Å²) in [6, 6.07) is 9.67. The summed E-state index contributed by atoms with van der Waals surface area (Å²) in [7, 11) is -2.10. The summed E-state index contributed by atoms with van der Waals surface area (Å²) in [6.45, 7) is 7.37. The third-order valence-electron chi connectivity index (χ3n) is 11.5. The number of aromatic amines is 1. The Balaban J connectivity index is 0.822. The zero-order valence-corrected chi connectivity index (χ0v) is 34.3. The molecule has 3 aliphatic heterocycles. The molecule has 7 heterocycles. The molecule has 18 nitrogen and oxygen atoms in total. The number of halogens is 1. The standard InChI is InChI=1S/C40H46FN13O5S/c1-24(2)59-36-35(28-19-43-44-20-28)42-23-54-38(36)47-39(49-54)45-32-9-7-29(18-31(32)41)60(57,58)52-13-4-5-25(22-52)21-51-14-10-26(11-15-51)27-6-8-30-33(17-27)50(3)48-37(30)53-16-12-34(55)46-40(53)56/h6-9,17-20,23-26H,4-5,10-16,21-22H2,1-3H3,(H,43,44)(H,45,49)(H,46,55,56). The van der Waals surface area contributed by atoms with Gasteiger partial charge < -0.3 is 15.0 Å². The molecule has 0 aliphatic carbocycles. The van der Waals surface area contributed by atoms with Crippen molar-refractivity contribution in [2.45, 2.75) is 62.9 Å². The van der Waals surface area contributed by atoms with Crippen molar-refractivity contribution < 1.29 is 27.1 Å². The van der Waals surface area contributed by atoms with E-state index in [-0.39, 0.29) is 40.9 Å². The highest BCUT2D eigenvalue weighted by Gasteiger charge is 2.33. The molecule has 3 saturated heterocycles. The largest absolute Gasteiger partial charge is 0.485 e. The number of ether oxygens (including phenoxy) is 1. The summed E-state index contributed by atoms with van der Waals surface area (Å²) in [5.41, 5.74) is 3.76. The van der Waals surface area contributed by atoms with Crippen LogP contribution < -0.4 is 20.3 Å². The summed E-state index contributed by atoms with van der Waals surface area (Å²) < 4.78 is 54.2. The molecule has 0 saturated carbocycles. The van der Waals surface area contributed by atoms with Crippen LogP contribution in [0.5, 0.6) is 5.75 Å². The molecule has 2 aromatic carbocycles. The van der Waals surface area contributed by atoms with Gasteiger partial charge in [-0.25, -0.2) is 22.6 Å². The van der Waals surface area contributed by atoms with Gasteiger partial charge in [-0.05, 0) is 100 Å². The molecule has 3 N–H and O–H groups in total. The number of nitrogens with zero attached hydrogens (tertiary/aromatic N) is 10. The number of aryl methyl sites for hydroxylation is 1. The lowest BCUT2D eigenvalue weighted by Gasteiger charge is -2.38. The van der Waals surface area contributed by atoms with E-state index in [9.17, 15) is 18.0 Å². The molecule has 20 heteroatoms. The van der Waals surface area contributed by atoms with E-state index in [1.165, 1.54) is 37.7 Å². The second kappa shape index (κ2) is 15.9. The Kier molecular flexibility index (Phi) is 10.4. The van der Waals surface area contributed by atoms with Gasteiger partial charge in [0.2, 0.25) is 27.5 Å². The third kappa shape index (κ3) is 7.65. The number of anilines is 3. The fourth-order valence-corrected chi connectivity index (χ4v) is 10.1. The van der Waals surface area contributed by atoms with Crippen LogP contribution in [0.25, 0.3) is 27.8 Å². The summed E-state index contributed by atoms with van der Waals surface area (Å²) in [5.74, 6) is 0.491. The number of fused-ring (bicyclic) bond motifs is 2. The predicted octanol–water partition coefficient (Wildman–Crippen LogP) is 4.80. The summed E-state index contributed by atoms with van der Waals surface area (Å²) in [6.07, 6.45) is 8.40. The smallest absolute Gasteiger partial charge is 0.329 e. The molecule has 9 rings (SSSR count). The highest BCUT2D eigenvalue weighted by molar-refractivity contribution is 7.89. The van der Waals surface area contributed by atoms with Crippen molar-refractivity contribution in [3.8, 4) is 17.0 Å². The highest BCUT2D eigenvalue weighted by Crippen LogP contribution is 2.36. The van der Waals surface area contributed by atoms with Crippen molar-refractivity contribution in [3.05, 3.63) is 66.5 Å². The number of likely N-dealkylation sites (tertiary alicyclic amines) is 1. The molecule has 6 aromatic rings. The van der Waals surface area contributed by atoms with Crippen molar-refractivity contribution in [2.75, 3.05) is 49.5 Å². The van der Waals surface area contributed by atoms with Crippen molar-refractivity contribution >= 4 is 56.0 Å². The van der Waals surface area contributed by atoms with Crippen molar-refractivity contribution in [2.24, 2.45) is 13.0 Å². The van der Waals surface area contributed by atoms with E-state index in [1.54, 1.807) is 17.1 Å². The van der Waals surface area contributed by atoms with Crippen LogP contribution in [0.2, 0.25) is 0 Å². The first-order valence-electron chi connectivity index (χ1n) is 20.2. The molecule has 3 fully saturated rings. The van der Waals surface area contributed by atoms with Gasteiger partial charge in [0.05, 0.1) is 28.4 Å². The van der Waals surface area contributed by atoms with E-state index >= 15 is 4.39 Å². The number of rotatable bonds is 11. The fraction of sp³-hybridized carbons (Fsp3) is 0.425. The maximum Gasteiger partial charge on any atom is 0.329 e. The first kappa shape index (κ1) is 39.5. The number of benzene rings is 2. The van der Waals surface area contributed by atoms with Crippen molar-refractivity contribution in [1.82, 2.24) is 54.1 Å². The Labute approximate surface area is 345 Å². The van der Waals surface area contributed by atoms with Crippen LogP contribution in [0.15, 0.2) is 60.0 Å². The zero-order chi connectivity index (χ0) is 41.7. The number of amides is 3. The normalized spacial score (nSPS) is 18.8. The number of H-pyrrole nitrogens is 1. The van der Waals surface area contributed by atoms with E-state index < -0.39 is 21.9 Å². The second-order valence-corrected chi connectivity index (χ2v) is 17.9. The van der Waals surface area contributed by atoms with Gasteiger partial charge in [0.15, 0.2) is 11.6 Å². The van der Waals surface area contributed by atoms with E-state index in [4.69, 9.17) is 4.74 Å². The molecule has 0 radical (unpaired) electrons. The summed E-state index contributed by atoms with van der Waals surface area (Å²) in [4.78, 5) is 37.1. The van der Waals surface area contributed by atoms with E-state index in [1.807, 2.05) is 27.0 Å². The van der Waals surface area contributed by atoms with Crippen LogP contribution in [-0.4, -0.2) is 114 Å². The van der Waals surface area contributed by atoms with Gasteiger partial charge in [-0.3, -0.25) is 24.8 Å². The number of hydrogen-bond acceptors (Lipinski definition) is 12. The van der Waals surface area contributed by atoms with Crippen molar-refractivity contribution in [1.29, 1.82) is 0 Å². The minimum Gasteiger partial charge on any atom is -0.485 e. The number of sulfonamides is 1. The molecule has 1 unspecified atom stereocenters. The Morgan fingerprint density at radius 2 is 1.87 bits per heavy atom. The van der Waals surface area contributed by atoms with Crippen LogP contribution in [0.1, 0.15) is 57.4 Å².